The van der Waals surface area contributed by atoms with E-state index in [9.17, 15) is 4.39 Å². The third-order valence-electron chi connectivity index (χ3n) is 2.98. The van der Waals surface area contributed by atoms with E-state index < -0.39 is 0 Å². The highest BCUT2D eigenvalue weighted by Gasteiger charge is 2.17. The number of nitrogens with two attached hydrogens (primary N) is 1. The zero-order valence-electron chi connectivity index (χ0n) is 12.3. The predicted octanol–water partition coefficient (Wildman–Crippen LogP) is 4.53. The Bertz CT molecular complexity index is 653. The molecule has 0 saturated carbocycles. The van der Waals surface area contributed by atoms with E-state index in [1.54, 1.807) is 18.2 Å². The number of nitrogens with zero attached hydrogens (tertiary/aromatic N) is 1. The van der Waals surface area contributed by atoms with Gasteiger partial charge in [-0.05, 0) is 45.8 Å². The van der Waals surface area contributed by atoms with E-state index in [1.165, 1.54) is 6.07 Å². The lowest BCUT2D eigenvalue weighted by Gasteiger charge is -2.19. The summed E-state index contributed by atoms with van der Waals surface area (Å²) in [4.78, 5) is 4.51. The summed E-state index contributed by atoms with van der Waals surface area (Å²) in [6.07, 6.45) is 0. The van der Waals surface area contributed by atoms with Crippen molar-refractivity contribution in [1.82, 2.24) is 4.98 Å². The molecule has 3 nitrogen and oxygen atoms in total. The first kappa shape index (κ1) is 15.9. The molecule has 2 aromatic rings. The number of benzene rings is 1. The Morgan fingerprint density at radius 2 is 1.95 bits per heavy atom. The molecule has 0 radical (unpaired) electrons. The number of halogens is 2. The Labute approximate surface area is 132 Å². The summed E-state index contributed by atoms with van der Waals surface area (Å²) in [5.41, 5.74) is 7.48. The van der Waals surface area contributed by atoms with Gasteiger partial charge >= 0.3 is 0 Å². The van der Waals surface area contributed by atoms with E-state index >= 15 is 0 Å². The Balaban J connectivity index is 2.36. The van der Waals surface area contributed by atoms with E-state index in [-0.39, 0.29) is 11.2 Å². The lowest BCUT2D eigenvalue weighted by atomic mass is 9.91. The molecular formula is C16H18BrFN2O. The molecule has 0 amide bonds. The van der Waals surface area contributed by atoms with E-state index in [4.69, 9.17) is 10.5 Å². The van der Waals surface area contributed by atoms with Crippen LogP contribution in [0.4, 0.5) is 4.39 Å². The first-order valence-electron chi connectivity index (χ1n) is 6.64. The van der Waals surface area contributed by atoms with Gasteiger partial charge in [0, 0.05) is 18.0 Å². The summed E-state index contributed by atoms with van der Waals surface area (Å²) in [6.45, 7) is 6.64. The van der Waals surface area contributed by atoms with Crippen LogP contribution in [-0.4, -0.2) is 4.98 Å². The normalized spacial score (nSPS) is 11.5. The van der Waals surface area contributed by atoms with Crippen molar-refractivity contribution in [2.24, 2.45) is 5.73 Å². The van der Waals surface area contributed by atoms with E-state index in [2.05, 4.69) is 41.7 Å². The van der Waals surface area contributed by atoms with Gasteiger partial charge in [-0.15, -0.1) is 0 Å². The van der Waals surface area contributed by atoms with Crippen LogP contribution in [0.15, 0.2) is 34.8 Å². The fourth-order valence-electron chi connectivity index (χ4n) is 1.77. The van der Waals surface area contributed by atoms with Crippen molar-refractivity contribution >= 4 is 15.9 Å². The Morgan fingerprint density at radius 3 is 2.52 bits per heavy atom. The van der Waals surface area contributed by atoms with Gasteiger partial charge < -0.3 is 10.5 Å². The molecule has 1 heterocycles. The minimum atomic E-state index is -0.332. The Kier molecular flexibility index (Phi) is 4.64. The standard InChI is InChI=1S/C16H18BrFN2O/c1-16(2,3)14-6-10(9-19)7-15(20-14)21-11-4-5-13(18)12(17)8-11/h4-8H,9,19H2,1-3H3. The number of pyridine rings is 1. The number of hydrogen-bond donors (Lipinski definition) is 1. The number of rotatable bonds is 3. The van der Waals surface area contributed by atoms with Gasteiger partial charge in [-0.3, -0.25) is 0 Å². The molecule has 0 aliphatic rings. The van der Waals surface area contributed by atoms with Crippen LogP contribution in [-0.2, 0) is 12.0 Å². The first-order valence-corrected chi connectivity index (χ1v) is 7.43. The molecule has 2 N–H and O–H groups in total. The van der Waals surface area contributed by atoms with Crippen LogP contribution >= 0.6 is 15.9 Å². The molecule has 2 rings (SSSR count). The smallest absolute Gasteiger partial charge is 0.219 e. The topological polar surface area (TPSA) is 48.1 Å². The average molecular weight is 353 g/mol. The molecule has 0 bridgehead atoms. The molecule has 0 spiro atoms. The SMILES string of the molecule is CC(C)(C)c1cc(CN)cc(Oc2ccc(F)c(Br)c2)n1. The van der Waals surface area contributed by atoms with Crippen molar-refractivity contribution in [3.63, 3.8) is 0 Å². The fraction of sp³-hybridized carbons (Fsp3) is 0.312. The molecule has 112 valence electrons. The number of ether oxygens (including phenoxy) is 1. The number of aromatic nitrogens is 1. The third-order valence-corrected chi connectivity index (χ3v) is 3.59. The number of hydrogen-bond acceptors (Lipinski definition) is 3. The minimum Gasteiger partial charge on any atom is -0.439 e. The summed E-state index contributed by atoms with van der Waals surface area (Å²) < 4.78 is 19.3. The summed E-state index contributed by atoms with van der Waals surface area (Å²) >= 11 is 3.14. The summed E-state index contributed by atoms with van der Waals surface area (Å²) in [5, 5.41) is 0. The monoisotopic (exact) mass is 352 g/mol. The molecule has 0 fully saturated rings. The van der Waals surface area contributed by atoms with Crippen molar-refractivity contribution in [2.75, 3.05) is 0 Å². The average Bonchev–Trinajstić information content (AvgIpc) is 2.41. The van der Waals surface area contributed by atoms with Crippen LogP contribution in [0.2, 0.25) is 0 Å². The largest absolute Gasteiger partial charge is 0.439 e. The molecular weight excluding hydrogens is 335 g/mol. The fourth-order valence-corrected chi connectivity index (χ4v) is 2.13. The van der Waals surface area contributed by atoms with Crippen LogP contribution in [0.3, 0.4) is 0 Å². The molecule has 0 atom stereocenters. The zero-order chi connectivity index (χ0) is 15.6. The molecule has 0 saturated heterocycles. The third kappa shape index (κ3) is 4.02. The highest BCUT2D eigenvalue weighted by atomic mass is 79.9. The quantitative estimate of drug-likeness (QED) is 0.882. The van der Waals surface area contributed by atoms with Crippen LogP contribution in [0.5, 0.6) is 11.6 Å². The molecule has 1 aromatic carbocycles. The van der Waals surface area contributed by atoms with Gasteiger partial charge in [-0.1, -0.05) is 20.8 Å². The highest BCUT2D eigenvalue weighted by molar-refractivity contribution is 9.10. The van der Waals surface area contributed by atoms with Crippen LogP contribution in [0.25, 0.3) is 0 Å². The van der Waals surface area contributed by atoms with Gasteiger partial charge in [0.2, 0.25) is 5.88 Å². The maximum Gasteiger partial charge on any atom is 0.219 e. The van der Waals surface area contributed by atoms with Gasteiger partial charge in [0.1, 0.15) is 11.6 Å². The summed E-state index contributed by atoms with van der Waals surface area (Å²) in [6, 6.07) is 8.26. The van der Waals surface area contributed by atoms with Crippen molar-refractivity contribution < 1.29 is 9.13 Å². The summed E-state index contributed by atoms with van der Waals surface area (Å²) in [5.74, 6) is 0.646. The maximum atomic E-state index is 13.2. The summed E-state index contributed by atoms with van der Waals surface area (Å²) in [7, 11) is 0. The van der Waals surface area contributed by atoms with Crippen molar-refractivity contribution in [3.8, 4) is 11.6 Å². The minimum absolute atomic E-state index is 0.104. The highest BCUT2D eigenvalue weighted by Crippen LogP contribution is 2.28. The zero-order valence-corrected chi connectivity index (χ0v) is 13.9. The van der Waals surface area contributed by atoms with Gasteiger partial charge in [0.25, 0.3) is 0 Å². The van der Waals surface area contributed by atoms with E-state index in [0.717, 1.165) is 11.3 Å². The van der Waals surface area contributed by atoms with Gasteiger partial charge in [-0.25, -0.2) is 9.37 Å². The second-order valence-corrected chi connectivity index (χ2v) is 6.69. The first-order chi connectivity index (χ1) is 9.79. The van der Waals surface area contributed by atoms with Crippen LogP contribution < -0.4 is 10.5 Å². The van der Waals surface area contributed by atoms with Crippen molar-refractivity contribution in [2.45, 2.75) is 32.7 Å². The lowest BCUT2D eigenvalue weighted by Crippen LogP contribution is -2.15. The van der Waals surface area contributed by atoms with Crippen molar-refractivity contribution in [1.29, 1.82) is 0 Å². The van der Waals surface area contributed by atoms with Gasteiger partial charge in [0.05, 0.1) is 10.2 Å². The Hall–Kier alpha value is -1.46. The van der Waals surface area contributed by atoms with Gasteiger partial charge in [0.15, 0.2) is 0 Å². The molecule has 1 aromatic heterocycles. The second kappa shape index (κ2) is 6.12. The van der Waals surface area contributed by atoms with Gasteiger partial charge in [-0.2, -0.15) is 0 Å². The predicted molar refractivity (Wildman–Crippen MR) is 85.0 cm³/mol. The van der Waals surface area contributed by atoms with Crippen LogP contribution in [0.1, 0.15) is 32.0 Å². The Morgan fingerprint density at radius 1 is 1.24 bits per heavy atom. The molecule has 0 aliphatic carbocycles. The molecule has 21 heavy (non-hydrogen) atoms. The lowest BCUT2D eigenvalue weighted by molar-refractivity contribution is 0.449. The van der Waals surface area contributed by atoms with Crippen LogP contribution in [0, 0.1) is 5.82 Å². The van der Waals surface area contributed by atoms with E-state index in [1.807, 2.05) is 6.07 Å². The second-order valence-electron chi connectivity index (χ2n) is 5.83. The van der Waals surface area contributed by atoms with E-state index in [0.29, 0.717) is 22.6 Å². The molecule has 0 unspecified atom stereocenters. The molecule has 0 aliphatic heterocycles. The maximum absolute atomic E-state index is 13.2. The van der Waals surface area contributed by atoms with Crippen molar-refractivity contribution in [3.05, 3.63) is 51.9 Å². The molecule has 5 heteroatoms.